The molecule has 0 N–H and O–H groups in total. The van der Waals surface area contributed by atoms with Crippen molar-refractivity contribution < 1.29 is 19.1 Å². The van der Waals surface area contributed by atoms with Crippen LogP contribution >= 0.6 is 0 Å². The molecule has 0 spiro atoms. The molecule has 0 amide bonds. The molecule has 0 heterocycles. The van der Waals surface area contributed by atoms with Gasteiger partial charge in [-0.2, -0.15) is 0 Å². The second kappa shape index (κ2) is 4.65. The fraction of sp³-hybridized carbons (Fsp3) is 0.824. The Kier molecular flexibility index (Phi) is 3.26. The monoisotopic (exact) mass is 292 g/mol. The molecule has 21 heavy (non-hydrogen) atoms. The molecule has 4 aliphatic carbocycles. The van der Waals surface area contributed by atoms with Crippen molar-refractivity contribution >= 4 is 17.5 Å². The molecular formula is C17H24O4. The van der Waals surface area contributed by atoms with Crippen molar-refractivity contribution in [2.75, 3.05) is 0 Å². The Morgan fingerprint density at radius 2 is 1.76 bits per heavy atom. The maximum Gasteiger partial charge on any atom is 0.312 e. The summed E-state index contributed by atoms with van der Waals surface area (Å²) in [5.41, 5.74) is -1.76. The first kappa shape index (κ1) is 14.7. The second-order valence-electron chi connectivity index (χ2n) is 7.86. The van der Waals surface area contributed by atoms with Crippen LogP contribution in [0.25, 0.3) is 0 Å². The SMILES string of the molecule is CCC(C)(C)C(=O)OC12CC3CC(CC(C3)C(=O)C1=O)C2. The van der Waals surface area contributed by atoms with Crippen LogP contribution in [0.3, 0.4) is 0 Å². The van der Waals surface area contributed by atoms with E-state index in [0.717, 1.165) is 19.3 Å². The smallest absolute Gasteiger partial charge is 0.312 e. The van der Waals surface area contributed by atoms with Crippen LogP contribution in [0, 0.1) is 23.2 Å². The van der Waals surface area contributed by atoms with Gasteiger partial charge >= 0.3 is 5.97 Å². The van der Waals surface area contributed by atoms with Gasteiger partial charge in [-0.1, -0.05) is 6.92 Å². The van der Waals surface area contributed by atoms with Crippen LogP contribution in [0.2, 0.25) is 0 Å². The van der Waals surface area contributed by atoms with Gasteiger partial charge in [0, 0.05) is 5.92 Å². The third-order valence-electron chi connectivity index (χ3n) is 5.87. The van der Waals surface area contributed by atoms with Crippen LogP contribution < -0.4 is 0 Å². The molecule has 0 aromatic carbocycles. The summed E-state index contributed by atoms with van der Waals surface area (Å²) in [6.07, 6.45) is 4.44. The summed E-state index contributed by atoms with van der Waals surface area (Å²) in [7, 11) is 0. The zero-order valence-electron chi connectivity index (χ0n) is 13.1. The largest absolute Gasteiger partial charge is 0.450 e. The van der Waals surface area contributed by atoms with E-state index < -0.39 is 16.8 Å². The van der Waals surface area contributed by atoms with E-state index in [2.05, 4.69) is 0 Å². The highest BCUT2D eigenvalue weighted by molar-refractivity contribution is 6.41. The fourth-order valence-corrected chi connectivity index (χ4v) is 4.31. The van der Waals surface area contributed by atoms with E-state index in [1.807, 2.05) is 20.8 Å². The van der Waals surface area contributed by atoms with Crippen molar-refractivity contribution in [2.45, 2.75) is 64.9 Å². The van der Waals surface area contributed by atoms with Crippen LogP contribution in [0.15, 0.2) is 0 Å². The lowest BCUT2D eigenvalue weighted by Gasteiger charge is -2.43. The Bertz CT molecular complexity index is 491. The summed E-state index contributed by atoms with van der Waals surface area (Å²) >= 11 is 0. The second-order valence-corrected chi connectivity index (χ2v) is 7.86. The molecule has 0 aromatic heterocycles. The normalized spacial score (nSPS) is 38.5. The molecule has 2 atom stereocenters. The summed E-state index contributed by atoms with van der Waals surface area (Å²) in [6.45, 7) is 5.59. The predicted molar refractivity (Wildman–Crippen MR) is 76.5 cm³/mol. The highest BCUT2D eigenvalue weighted by Gasteiger charge is 2.59. The van der Waals surface area contributed by atoms with Gasteiger partial charge in [0.2, 0.25) is 11.6 Å². The van der Waals surface area contributed by atoms with E-state index in [0.29, 0.717) is 31.1 Å². The quantitative estimate of drug-likeness (QED) is 0.592. The van der Waals surface area contributed by atoms with E-state index in [9.17, 15) is 14.4 Å². The third-order valence-corrected chi connectivity index (χ3v) is 5.87. The Balaban J connectivity index is 1.93. The van der Waals surface area contributed by atoms with E-state index in [1.54, 1.807) is 0 Å². The molecule has 4 bridgehead atoms. The molecule has 2 unspecified atom stereocenters. The number of esters is 1. The lowest BCUT2D eigenvalue weighted by atomic mass is 9.66. The molecule has 0 aliphatic heterocycles. The van der Waals surface area contributed by atoms with Crippen molar-refractivity contribution in [2.24, 2.45) is 23.2 Å². The zero-order valence-corrected chi connectivity index (χ0v) is 13.1. The minimum Gasteiger partial charge on any atom is -0.450 e. The molecule has 4 rings (SSSR count). The highest BCUT2D eigenvalue weighted by atomic mass is 16.6. The number of Topliss-reactive ketones (excluding diaryl/α,β-unsaturated/α-hetero) is 2. The Hall–Kier alpha value is -1.19. The third kappa shape index (κ3) is 2.23. The standard InChI is InChI=1S/C17H24O4/c1-4-16(2,3)15(20)21-17-8-10-5-11(9-17)7-12(6-10)13(18)14(17)19/h10-12H,4-9H2,1-3H3. The predicted octanol–water partition coefficient (Wildman–Crippen LogP) is 2.68. The van der Waals surface area contributed by atoms with Crippen molar-refractivity contribution in [1.82, 2.24) is 0 Å². The molecule has 4 aliphatic rings. The van der Waals surface area contributed by atoms with Gasteiger partial charge in [-0.25, -0.2) is 0 Å². The van der Waals surface area contributed by atoms with E-state index in [1.165, 1.54) is 0 Å². The van der Waals surface area contributed by atoms with Gasteiger partial charge < -0.3 is 4.74 Å². The van der Waals surface area contributed by atoms with Crippen molar-refractivity contribution in [3.8, 4) is 0 Å². The van der Waals surface area contributed by atoms with Gasteiger partial charge in [0.1, 0.15) is 0 Å². The van der Waals surface area contributed by atoms with E-state index in [4.69, 9.17) is 4.74 Å². The molecule has 0 radical (unpaired) electrons. The molecule has 0 saturated heterocycles. The van der Waals surface area contributed by atoms with Gasteiger partial charge in [-0.15, -0.1) is 0 Å². The maximum atomic E-state index is 12.6. The minimum atomic E-state index is -1.15. The molecule has 4 fully saturated rings. The van der Waals surface area contributed by atoms with Gasteiger partial charge in [0.15, 0.2) is 5.60 Å². The Morgan fingerprint density at radius 3 is 2.29 bits per heavy atom. The van der Waals surface area contributed by atoms with E-state index >= 15 is 0 Å². The molecule has 4 nitrogen and oxygen atoms in total. The average molecular weight is 292 g/mol. The number of ketones is 2. The molecule has 116 valence electrons. The first-order chi connectivity index (χ1) is 9.77. The van der Waals surface area contributed by atoms with Crippen LogP contribution in [0.5, 0.6) is 0 Å². The summed E-state index contributed by atoms with van der Waals surface area (Å²) in [5.74, 6) is -0.473. The maximum absolute atomic E-state index is 12.6. The number of rotatable bonds is 3. The van der Waals surface area contributed by atoms with Gasteiger partial charge in [0.25, 0.3) is 0 Å². The Morgan fingerprint density at radius 1 is 1.19 bits per heavy atom. The number of carbonyl (C=O) groups is 3. The van der Waals surface area contributed by atoms with E-state index in [-0.39, 0.29) is 17.7 Å². The van der Waals surface area contributed by atoms with Gasteiger partial charge in [-0.05, 0) is 64.2 Å². The zero-order chi connectivity index (χ0) is 15.4. The van der Waals surface area contributed by atoms with Crippen molar-refractivity contribution in [3.05, 3.63) is 0 Å². The number of fused-ring (bicyclic) bond motifs is 1. The first-order valence-corrected chi connectivity index (χ1v) is 8.09. The number of ether oxygens (including phenoxy) is 1. The molecule has 4 saturated carbocycles. The summed E-state index contributed by atoms with van der Waals surface area (Å²) in [5, 5.41) is 0. The number of hydrogen-bond acceptors (Lipinski definition) is 4. The Labute approximate surface area is 125 Å². The van der Waals surface area contributed by atoms with Crippen LogP contribution in [-0.4, -0.2) is 23.1 Å². The van der Waals surface area contributed by atoms with Gasteiger partial charge in [0.05, 0.1) is 5.41 Å². The lowest BCUT2D eigenvalue weighted by molar-refractivity contribution is -0.182. The molecule has 4 heteroatoms. The van der Waals surface area contributed by atoms with Crippen LogP contribution in [0.4, 0.5) is 0 Å². The topological polar surface area (TPSA) is 60.4 Å². The molecule has 0 aromatic rings. The number of carbonyl (C=O) groups excluding carboxylic acids is 3. The molecular weight excluding hydrogens is 268 g/mol. The van der Waals surface area contributed by atoms with Crippen LogP contribution in [0.1, 0.15) is 59.3 Å². The highest BCUT2D eigenvalue weighted by Crippen LogP contribution is 2.52. The lowest BCUT2D eigenvalue weighted by Crippen LogP contribution is -2.51. The van der Waals surface area contributed by atoms with Crippen LogP contribution in [-0.2, 0) is 19.1 Å². The minimum absolute atomic E-state index is 0.122. The average Bonchev–Trinajstić information content (AvgIpc) is 2.53. The van der Waals surface area contributed by atoms with Gasteiger partial charge in [-0.3, -0.25) is 14.4 Å². The van der Waals surface area contributed by atoms with Crippen molar-refractivity contribution in [3.63, 3.8) is 0 Å². The summed E-state index contributed by atoms with van der Waals surface area (Å²) in [4.78, 5) is 37.5. The fourth-order valence-electron chi connectivity index (χ4n) is 4.31. The summed E-state index contributed by atoms with van der Waals surface area (Å²) in [6, 6.07) is 0. The summed E-state index contributed by atoms with van der Waals surface area (Å²) < 4.78 is 5.76. The first-order valence-electron chi connectivity index (χ1n) is 8.09. The van der Waals surface area contributed by atoms with Crippen molar-refractivity contribution in [1.29, 1.82) is 0 Å². The number of hydrogen-bond donors (Lipinski definition) is 0.